The van der Waals surface area contributed by atoms with Crippen molar-refractivity contribution in [2.75, 3.05) is 13.2 Å². The van der Waals surface area contributed by atoms with E-state index < -0.39 is 0 Å². The summed E-state index contributed by atoms with van der Waals surface area (Å²) >= 11 is 1.30. The molecule has 7 heteroatoms. The third kappa shape index (κ3) is 1.68. The van der Waals surface area contributed by atoms with E-state index in [1.807, 2.05) is 18.2 Å². The van der Waals surface area contributed by atoms with Gasteiger partial charge in [0.1, 0.15) is 10.7 Å². The minimum Gasteiger partial charge on any atom is -0.395 e. The smallest absolute Gasteiger partial charge is 0.263 e. The van der Waals surface area contributed by atoms with Crippen LogP contribution in [-0.2, 0) is 0 Å². The molecule has 0 aliphatic carbocycles. The number of aryl methyl sites for hydroxylation is 2. The van der Waals surface area contributed by atoms with Gasteiger partial charge in [0.15, 0.2) is 0 Å². The second-order valence-corrected chi connectivity index (χ2v) is 4.34. The van der Waals surface area contributed by atoms with Crippen molar-refractivity contribution in [1.29, 1.82) is 0 Å². The van der Waals surface area contributed by atoms with Crippen LogP contribution in [0.15, 0.2) is 0 Å². The lowest BCUT2D eigenvalue weighted by atomic mass is 10.3. The van der Waals surface area contributed by atoms with Crippen LogP contribution in [0.3, 0.4) is 0 Å². The average molecular weight is 240 g/mol. The fourth-order valence-electron chi connectivity index (χ4n) is 1.52. The molecule has 0 atom stereocenters. The second kappa shape index (κ2) is 4.18. The number of hydrogen-bond acceptors (Lipinski definition) is 5. The Kier molecular flexibility index (Phi) is 2.88. The molecule has 2 N–H and O–H groups in total. The van der Waals surface area contributed by atoms with Crippen molar-refractivity contribution in [3.8, 4) is 0 Å². The lowest BCUT2D eigenvalue weighted by Crippen LogP contribution is -2.26. The lowest BCUT2D eigenvalue weighted by molar-refractivity contribution is 0.0948. The Morgan fingerprint density at radius 3 is 2.88 bits per heavy atom. The molecule has 0 unspecified atom stereocenters. The van der Waals surface area contributed by atoms with Crippen molar-refractivity contribution in [1.82, 2.24) is 19.9 Å². The summed E-state index contributed by atoms with van der Waals surface area (Å²) in [5.41, 5.74) is 0.831. The van der Waals surface area contributed by atoms with Gasteiger partial charge in [0.05, 0.1) is 6.61 Å². The third-order valence-electron chi connectivity index (χ3n) is 2.26. The zero-order valence-corrected chi connectivity index (χ0v) is 9.84. The number of carbonyl (C=O) groups is 1. The normalized spacial score (nSPS) is 10.9. The molecule has 0 aliphatic rings. The van der Waals surface area contributed by atoms with E-state index in [4.69, 9.17) is 5.11 Å². The molecule has 2 heterocycles. The Balaban J connectivity index is 2.38. The van der Waals surface area contributed by atoms with Gasteiger partial charge in [-0.25, -0.2) is 0 Å². The number of aliphatic hydroxyl groups excluding tert-OH is 1. The largest absolute Gasteiger partial charge is 0.395 e. The highest BCUT2D eigenvalue weighted by Crippen LogP contribution is 2.22. The molecule has 0 radical (unpaired) electrons. The Bertz CT molecular complexity index is 531. The lowest BCUT2D eigenvalue weighted by Gasteiger charge is -2.01. The Hall–Kier alpha value is -1.47. The van der Waals surface area contributed by atoms with Crippen LogP contribution in [0.5, 0.6) is 0 Å². The Morgan fingerprint density at radius 1 is 1.50 bits per heavy atom. The SMILES string of the molecule is Cc1nnc2sc(C(=O)NCCO)c(C)n12. The summed E-state index contributed by atoms with van der Waals surface area (Å²) in [7, 11) is 0. The van der Waals surface area contributed by atoms with Gasteiger partial charge in [-0.15, -0.1) is 10.2 Å². The third-order valence-corrected chi connectivity index (χ3v) is 3.39. The van der Waals surface area contributed by atoms with E-state index in [0.717, 1.165) is 11.5 Å². The average Bonchev–Trinajstić information content (AvgIpc) is 2.78. The van der Waals surface area contributed by atoms with Gasteiger partial charge in [-0.05, 0) is 13.8 Å². The van der Waals surface area contributed by atoms with Crippen LogP contribution in [0.1, 0.15) is 21.2 Å². The van der Waals surface area contributed by atoms with Crippen LogP contribution >= 0.6 is 11.3 Å². The van der Waals surface area contributed by atoms with Gasteiger partial charge < -0.3 is 10.4 Å². The molecule has 2 rings (SSSR count). The highest BCUT2D eigenvalue weighted by molar-refractivity contribution is 7.19. The number of amides is 1. The fourth-order valence-corrected chi connectivity index (χ4v) is 2.55. The van der Waals surface area contributed by atoms with E-state index in [1.54, 1.807) is 0 Å². The molecule has 0 spiro atoms. The van der Waals surface area contributed by atoms with E-state index in [-0.39, 0.29) is 19.1 Å². The molecule has 0 fully saturated rings. The summed E-state index contributed by atoms with van der Waals surface area (Å²) in [6.07, 6.45) is 0. The summed E-state index contributed by atoms with van der Waals surface area (Å²) in [6.45, 7) is 3.90. The van der Waals surface area contributed by atoms with Crippen molar-refractivity contribution in [3.63, 3.8) is 0 Å². The number of aromatic nitrogens is 3. The second-order valence-electron chi connectivity index (χ2n) is 3.36. The van der Waals surface area contributed by atoms with E-state index >= 15 is 0 Å². The number of nitrogens with one attached hydrogen (secondary N) is 1. The molecule has 2 aromatic heterocycles. The maximum atomic E-state index is 11.7. The van der Waals surface area contributed by atoms with Crippen molar-refractivity contribution in [2.45, 2.75) is 13.8 Å². The quantitative estimate of drug-likeness (QED) is 0.799. The predicted octanol–water partition coefficient (Wildman–Crippen LogP) is 0.130. The highest BCUT2D eigenvalue weighted by atomic mass is 32.1. The van der Waals surface area contributed by atoms with Crippen LogP contribution in [0.2, 0.25) is 0 Å². The summed E-state index contributed by atoms with van der Waals surface area (Å²) in [5.74, 6) is 0.589. The first-order chi connectivity index (χ1) is 7.65. The van der Waals surface area contributed by atoms with E-state index in [1.165, 1.54) is 11.3 Å². The summed E-state index contributed by atoms with van der Waals surface area (Å²) in [6, 6.07) is 0. The number of nitrogens with zero attached hydrogens (tertiary/aromatic N) is 3. The molecular weight excluding hydrogens is 228 g/mol. The van der Waals surface area contributed by atoms with Crippen molar-refractivity contribution in [2.24, 2.45) is 0 Å². The van der Waals surface area contributed by atoms with Crippen LogP contribution in [0.4, 0.5) is 0 Å². The van der Waals surface area contributed by atoms with Crippen LogP contribution < -0.4 is 5.32 Å². The van der Waals surface area contributed by atoms with Crippen molar-refractivity contribution < 1.29 is 9.90 Å². The molecule has 86 valence electrons. The minimum atomic E-state index is -0.179. The van der Waals surface area contributed by atoms with Gasteiger partial charge in [0, 0.05) is 12.2 Å². The molecule has 16 heavy (non-hydrogen) atoms. The number of rotatable bonds is 3. The number of aliphatic hydroxyl groups is 1. The van der Waals surface area contributed by atoms with Gasteiger partial charge in [-0.3, -0.25) is 9.20 Å². The summed E-state index contributed by atoms with van der Waals surface area (Å²) in [4.78, 5) is 13.1. The number of hydrogen-bond donors (Lipinski definition) is 2. The molecule has 0 saturated heterocycles. The number of fused-ring (bicyclic) bond motifs is 1. The van der Waals surface area contributed by atoms with Gasteiger partial charge >= 0.3 is 0 Å². The van der Waals surface area contributed by atoms with E-state index in [2.05, 4.69) is 15.5 Å². The van der Waals surface area contributed by atoms with Gasteiger partial charge in [-0.2, -0.15) is 0 Å². The standard InChI is InChI=1S/C9H12N4O2S/c1-5-7(8(15)10-3-4-14)16-9-12-11-6(2)13(5)9/h14H,3-4H2,1-2H3,(H,10,15). The van der Waals surface area contributed by atoms with Crippen LogP contribution in [0.25, 0.3) is 4.96 Å². The van der Waals surface area contributed by atoms with Gasteiger partial charge in [0.2, 0.25) is 4.96 Å². The number of thiazole rings is 1. The van der Waals surface area contributed by atoms with E-state index in [0.29, 0.717) is 9.84 Å². The molecule has 6 nitrogen and oxygen atoms in total. The summed E-state index contributed by atoms with van der Waals surface area (Å²) < 4.78 is 1.85. The summed E-state index contributed by atoms with van der Waals surface area (Å²) in [5, 5.41) is 19.2. The van der Waals surface area contributed by atoms with E-state index in [9.17, 15) is 4.79 Å². The molecule has 0 aliphatic heterocycles. The van der Waals surface area contributed by atoms with Crippen molar-refractivity contribution in [3.05, 3.63) is 16.4 Å². The monoisotopic (exact) mass is 240 g/mol. The molecule has 2 aromatic rings. The zero-order valence-electron chi connectivity index (χ0n) is 9.02. The minimum absolute atomic E-state index is 0.0616. The number of carbonyl (C=O) groups excluding carboxylic acids is 1. The van der Waals surface area contributed by atoms with Crippen LogP contribution in [-0.4, -0.2) is 38.8 Å². The Labute approximate surface area is 95.9 Å². The van der Waals surface area contributed by atoms with Gasteiger partial charge in [0.25, 0.3) is 5.91 Å². The topological polar surface area (TPSA) is 79.5 Å². The van der Waals surface area contributed by atoms with Crippen molar-refractivity contribution >= 4 is 22.2 Å². The maximum absolute atomic E-state index is 11.7. The van der Waals surface area contributed by atoms with Crippen LogP contribution in [0, 0.1) is 13.8 Å². The first kappa shape index (κ1) is 11.0. The molecule has 1 amide bonds. The first-order valence-electron chi connectivity index (χ1n) is 4.85. The highest BCUT2D eigenvalue weighted by Gasteiger charge is 2.17. The predicted molar refractivity (Wildman–Crippen MR) is 59.8 cm³/mol. The molecule has 0 aromatic carbocycles. The maximum Gasteiger partial charge on any atom is 0.263 e. The molecule has 0 bridgehead atoms. The fraction of sp³-hybridized carbons (Fsp3) is 0.444. The zero-order chi connectivity index (χ0) is 11.7. The molecular formula is C9H12N4O2S. The van der Waals surface area contributed by atoms with Gasteiger partial charge in [-0.1, -0.05) is 11.3 Å². The first-order valence-corrected chi connectivity index (χ1v) is 5.67. The molecule has 0 saturated carbocycles. The Morgan fingerprint density at radius 2 is 2.25 bits per heavy atom.